The van der Waals surface area contributed by atoms with E-state index in [2.05, 4.69) is 43.5 Å². The van der Waals surface area contributed by atoms with Gasteiger partial charge in [-0.3, -0.25) is 4.99 Å². The SMILES string of the molecule is CCNC(=NCC(C)(C)c1ccc(OC)cc1)NCC1CC1.I. The van der Waals surface area contributed by atoms with E-state index in [0.717, 1.165) is 37.3 Å². The second kappa shape index (κ2) is 9.35. The Balaban J connectivity index is 0.00000264. The van der Waals surface area contributed by atoms with E-state index in [0.29, 0.717) is 0 Å². The fraction of sp³-hybridized carbons (Fsp3) is 0.611. The van der Waals surface area contributed by atoms with E-state index < -0.39 is 0 Å². The molecule has 1 aliphatic rings. The third kappa shape index (κ3) is 6.57. The quantitative estimate of drug-likeness (QED) is 0.394. The van der Waals surface area contributed by atoms with E-state index in [1.165, 1.54) is 18.4 Å². The van der Waals surface area contributed by atoms with Crippen LogP contribution in [0, 0.1) is 5.92 Å². The minimum Gasteiger partial charge on any atom is -0.497 e. The van der Waals surface area contributed by atoms with Crippen molar-refractivity contribution in [1.29, 1.82) is 0 Å². The van der Waals surface area contributed by atoms with Crippen LogP contribution in [-0.2, 0) is 5.41 Å². The molecule has 1 aromatic carbocycles. The summed E-state index contributed by atoms with van der Waals surface area (Å²) in [5.41, 5.74) is 1.27. The Morgan fingerprint density at radius 1 is 1.22 bits per heavy atom. The molecule has 0 atom stereocenters. The number of benzene rings is 1. The van der Waals surface area contributed by atoms with Gasteiger partial charge in [0.05, 0.1) is 13.7 Å². The minimum absolute atomic E-state index is 0. The van der Waals surface area contributed by atoms with Crippen LogP contribution in [0.3, 0.4) is 0 Å². The lowest BCUT2D eigenvalue weighted by atomic mass is 9.85. The van der Waals surface area contributed by atoms with Gasteiger partial charge in [-0.1, -0.05) is 26.0 Å². The van der Waals surface area contributed by atoms with Gasteiger partial charge in [0.2, 0.25) is 0 Å². The average molecular weight is 431 g/mol. The van der Waals surface area contributed by atoms with Gasteiger partial charge in [0, 0.05) is 18.5 Å². The van der Waals surface area contributed by atoms with E-state index in [1.807, 2.05) is 12.1 Å². The molecule has 0 spiro atoms. The number of nitrogens with zero attached hydrogens (tertiary/aromatic N) is 1. The van der Waals surface area contributed by atoms with Gasteiger partial charge in [0.15, 0.2) is 5.96 Å². The van der Waals surface area contributed by atoms with Crippen molar-refractivity contribution < 1.29 is 4.74 Å². The molecule has 2 N–H and O–H groups in total. The summed E-state index contributed by atoms with van der Waals surface area (Å²) in [6.07, 6.45) is 2.70. The lowest BCUT2D eigenvalue weighted by Crippen LogP contribution is -2.39. The predicted molar refractivity (Wildman–Crippen MR) is 108 cm³/mol. The highest BCUT2D eigenvalue weighted by Gasteiger charge is 2.22. The van der Waals surface area contributed by atoms with Crippen LogP contribution in [0.1, 0.15) is 39.2 Å². The molecule has 23 heavy (non-hydrogen) atoms. The van der Waals surface area contributed by atoms with Gasteiger partial charge in [-0.05, 0) is 43.4 Å². The van der Waals surface area contributed by atoms with Crippen LogP contribution < -0.4 is 15.4 Å². The molecule has 130 valence electrons. The Morgan fingerprint density at radius 3 is 2.39 bits per heavy atom. The first-order valence-electron chi connectivity index (χ1n) is 8.22. The molecule has 1 fully saturated rings. The maximum atomic E-state index is 5.22. The van der Waals surface area contributed by atoms with Crippen molar-refractivity contribution in [1.82, 2.24) is 10.6 Å². The molecular weight excluding hydrogens is 401 g/mol. The van der Waals surface area contributed by atoms with Crippen molar-refractivity contribution in [2.75, 3.05) is 26.7 Å². The predicted octanol–water partition coefficient (Wildman–Crippen LogP) is 3.56. The summed E-state index contributed by atoms with van der Waals surface area (Å²) in [5, 5.41) is 6.77. The number of guanidine groups is 1. The number of hydrogen-bond donors (Lipinski definition) is 2. The summed E-state index contributed by atoms with van der Waals surface area (Å²) in [6, 6.07) is 8.27. The highest BCUT2D eigenvalue weighted by Crippen LogP contribution is 2.28. The summed E-state index contributed by atoms with van der Waals surface area (Å²) in [4.78, 5) is 4.77. The third-order valence-electron chi connectivity index (χ3n) is 4.10. The number of nitrogens with one attached hydrogen (secondary N) is 2. The molecule has 4 nitrogen and oxygen atoms in total. The fourth-order valence-electron chi connectivity index (χ4n) is 2.31. The van der Waals surface area contributed by atoms with Crippen molar-refractivity contribution in [3.8, 4) is 5.75 Å². The first-order valence-corrected chi connectivity index (χ1v) is 8.22. The van der Waals surface area contributed by atoms with Crippen LogP contribution in [-0.4, -0.2) is 32.7 Å². The smallest absolute Gasteiger partial charge is 0.191 e. The summed E-state index contributed by atoms with van der Waals surface area (Å²) in [6.45, 7) is 9.22. The van der Waals surface area contributed by atoms with Crippen molar-refractivity contribution in [3.63, 3.8) is 0 Å². The Hall–Kier alpha value is -0.980. The number of ether oxygens (including phenoxy) is 1. The maximum Gasteiger partial charge on any atom is 0.191 e. The minimum atomic E-state index is -0.00575. The molecule has 0 unspecified atom stereocenters. The number of rotatable bonds is 7. The van der Waals surface area contributed by atoms with Gasteiger partial charge in [0.25, 0.3) is 0 Å². The Kier molecular flexibility index (Phi) is 8.16. The highest BCUT2D eigenvalue weighted by molar-refractivity contribution is 14.0. The van der Waals surface area contributed by atoms with Gasteiger partial charge in [-0.2, -0.15) is 0 Å². The van der Waals surface area contributed by atoms with E-state index in [9.17, 15) is 0 Å². The zero-order valence-electron chi connectivity index (χ0n) is 14.7. The zero-order chi connectivity index (χ0) is 16.0. The van der Waals surface area contributed by atoms with Gasteiger partial charge >= 0.3 is 0 Å². The van der Waals surface area contributed by atoms with Gasteiger partial charge in [0.1, 0.15) is 5.75 Å². The van der Waals surface area contributed by atoms with Gasteiger partial charge < -0.3 is 15.4 Å². The molecule has 0 heterocycles. The zero-order valence-corrected chi connectivity index (χ0v) is 17.0. The lowest BCUT2D eigenvalue weighted by Gasteiger charge is -2.24. The molecule has 0 aromatic heterocycles. The molecule has 0 radical (unpaired) electrons. The average Bonchev–Trinajstić information content (AvgIpc) is 3.34. The van der Waals surface area contributed by atoms with Crippen LogP contribution in [0.25, 0.3) is 0 Å². The molecule has 1 aliphatic carbocycles. The third-order valence-corrected chi connectivity index (χ3v) is 4.10. The molecule has 1 saturated carbocycles. The Labute approximate surface area is 157 Å². The molecule has 0 aliphatic heterocycles. The lowest BCUT2D eigenvalue weighted by molar-refractivity contribution is 0.414. The molecule has 0 amide bonds. The van der Waals surface area contributed by atoms with Gasteiger partial charge in [-0.25, -0.2) is 0 Å². The van der Waals surface area contributed by atoms with E-state index in [-0.39, 0.29) is 29.4 Å². The van der Waals surface area contributed by atoms with Crippen molar-refractivity contribution in [3.05, 3.63) is 29.8 Å². The first-order chi connectivity index (χ1) is 10.5. The number of aliphatic imine (C=N–C) groups is 1. The van der Waals surface area contributed by atoms with Crippen LogP contribution >= 0.6 is 24.0 Å². The van der Waals surface area contributed by atoms with E-state index >= 15 is 0 Å². The summed E-state index contributed by atoms with van der Waals surface area (Å²) in [7, 11) is 1.69. The molecule has 2 rings (SSSR count). The standard InChI is InChI=1S/C18H29N3O.HI/c1-5-19-17(20-12-14-6-7-14)21-13-18(2,3)15-8-10-16(22-4)11-9-15;/h8-11,14H,5-7,12-13H2,1-4H3,(H2,19,20,21);1H. The number of halogens is 1. The maximum absolute atomic E-state index is 5.22. The van der Waals surface area contributed by atoms with Crippen LogP contribution in [0.15, 0.2) is 29.3 Å². The largest absolute Gasteiger partial charge is 0.497 e. The second-order valence-corrected chi connectivity index (χ2v) is 6.63. The van der Waals surface area contributed by atoms with Gasteiger partial charge in [-0.15, -0.1) is 24.0 Å². The topological polar surface area (TPSA) is 45.7 Å². The molecule has 0 saturated heterocycles. The van der Waals surface area contributed by atoms with E-state index in [4.69, 9.17) is 9.73 Å². The Morgan fingerprint density at radius 2 is 1.87 bits per heavy atom. The highest BCUT2D eigenvalue weighted by atomic mass is 127. The summed E-state index contributed by atoms with van der Waals surface area (Å²) in [5.74, 6) is 2.66. The van der Waals surface area contributed by atoms with Crippen LogP contribution in [0.5, 0.6) is 5.75 Å². The second-order valence-electron chi connectivity index (χ2n) is 6.63. The van der Waals surface area contributed by atoms with Crippen LogP contribution in [0.2, 0.25) is 0 Å². The molecule has 0 bridgehead atoms. The Bertz CT molecular complexity index is 495. The summed E-state index contributed by atoms with van der Waals surface area (Å²) >= 11 is 0. The van der Waals surface area contributed by atoms with Crippen LogP contribution in [0.4, 0.5) is 0 Å². The van der Waals surface area contributed by atoms with Crippen molar-refractivity contribution in [2.45, 2.75) is 39.0 Å². The molecular formula is C18H30IN3O. The number of hydrogen-bond acceptors (Lipinski definition) is 2. The first kappa shape index (κ1) is 20.1. The molecule has 5 heteroatoms. The normalized spacial score (nSPS) is 14.9. The monoisotopic (exact) mass is 431 g/mol. The summed E-state index contributed by atoms with van der Waals surface area (Å²) < 4.78 is 5.22. The van der Waals surface area contributed by atoms with Crippen molar-refractivity contribution in [2.24, 2.45) is 10.9 Å². The van der Waals surface area contributed by atoms with E-state index in [1.54, 1.807) is 7.11 Å². The number of methoxy groups -OCH3 is 1. The fourth-order valence-corrected chi connectivity index (χ4v) is 2.31. The van der Waals surface area contributed by atoms with Crippen molar-refractivity contribution >= 4 is 29.9 Å². The molecule has 1 aromatic rings.